The quantitative estimate of drug-likeness (QED) is 0.593. The molecule has 140 valence electrons. The standard InChI is InChI=1S/C20H19NO4S2/c1-12(14-7-5-4-6-8-14)21-19(23)17(27-20(21)26)11-13-9-15(24-2)18(22)16(10-13)25-3/h4-12,22H,1-3H3/b17-11-/t12-/m0/s1. The van der Waals surface area contributed by atoms with E-state index in [0.717, 1.165) is 5.56 Å². The zero-order chi connectivity index (χ0) is 19.6. The summed E-state index contributed by atoms with van der Waals surface area (Å²) in [5.74, 6) is 0.317. The van der Waals surface area contributed by atoms with Crippen molar-refractivity contribution in [1.82, 2.24) is 4.90 Å². The van der Waals surface area contributed by atoms with Crippen LogP contribution in [0, 0.1) is 0 Å². The Balaban J connectivity index is 1.93. The molecule has 0 radical (unpaired) electrons. The fourth-order valence-electron chi connectivity index (χ4n) is 2.84. The number of amides is 1. The van der Waals surface area contributed by atoms with Gasteiger partial charge in [0.1, 0.15) is 4.32 Å². The minimum Gasteiger partial charge on any atom is -0.502 e. The Bertz CT molecular complexity index is 886. The molecule has 0 spiro atoms. The van der Waals surface area contributed by atoms with Crippen LogP contribution in [0.15, 0.2) is 47.4 Å². The number of phenolic OH excluding ortho intramolecular Hbond substituents is 1. The maximum absolute atomic E-state index is 12.9. The highest BCUT2D eigenvalue weighted by molar-refractivity contribution is 8.26. The number of carbonyl (C=O) groups excluding carboxylic acids is 1. The number of phenols is 1. The molecule has 1 amide bonds. The molecule has 1 aliphatic rings. The lowest BCUT2D eigenvalue weighted by Gasteiger charge is -2.23. The summed E-state index contributed by atoms with van der Waals surface area (Å²) in [6, 6.07) is 12.9. The maximum atomic E-state index is 12.9. The average molecular weight is 402 g/mol. The molecule has 2 aromatic rings. The first-order valence-electron chi connectivity index (χ1n) is 8.23. The summed E-state index contributed by atoms with van der Waals surface area (Å²) in [6.45, 7) is 1.95. The van der Waals surface area contributed by atoms with Crippen LogP contribution in [0.25, 0.3) is 6.08 Å². The second kappa shape index (κ2) is 8.02. The number of ether oxygens (including phenoxy) is 2. The zero-order valence-electron chi connectivity index (χ0n) is 15.1. The van der Waals surface area contributed by atoms with Gasteiger partial charge in [0.25, 0.3) is 5.91 Å². The van der Waals surface area contributed by atoms with E-state index in [1.54, 1.807) is 23.1 Å². The third-order valence-corrected chi connectivity index (χ3v) is 5.62. The van der Waals surface area contributed by atoms with Crippen LogP contribution < -0.4 is 9.47 Å². The number of methoxy groups -OCH3 is 2. The van der Waals surface area contributed by atoms with Gasteiger partial charge in [-0.05, 0) is 36.3 Å². The number of thioether (sulfide) groups is 1. The summed E-state index contributed by atoms with van der Waals surface area (Å²) in [5, 5.41) is 10.0. The average Bonchev–Trinajstić information content (AvgIpc) is 2.96. The van der Waals surface area contributed by atoms with Gasteiger partial charge in [0.15, 0.2) is 11.5 Å². The van der Waals surface area contributed by atoms with Crippen molar-refractivity contribution in [3.05, 3.63) is 58.5 Å². The topological polar surface area (TPSA) is 59.0 Å². The number of hydrogen-bond acceptors (Lipinski definition) is 6. The molecular weight excluding hydrogens is 382 g/mol. The van der Waals surface area contributed by atoms with E-state index in [0.29, 0.717) is 14.8 Å². The van der Waals surface area contributed by atoms with Crippen LogP contribution in [0.3, 0.4) is 0 Å². The number of carbonyl (C=O) groups is 1. The number of rotatable bonds is 5. The van der Waals surface area contributed by atoms with Gasteiger partial charge in [0, 0.05) is 0 Å². The highest BCUT2D eigenvalue weighted by Crippen LogP contribution is 2.41. The Labute approximate surface area is 167 Å². The molecule has 0 aromatic heterocycles. The summed E-state index contributed by atoms with van der Waals surface area (Å²) in [6.07, 6.45) is 1.72. The molecule has 0 bridgehead atoms. The third kappa shape index (κ3) is 3.79. The van der Waals surface area contributed by atoms with Crippen molar-refractivity contribution < 1.29 is 19.4 Å². The number of thiocarbonyl (C=S) groups is 1. The fourth-order valence-corrected chi connectivity index (χ4v) is 4.26. The van der Waals surface area contributed by atoms with Crippen molar-refractivity contribution in [1.29, 1.82) is 0 Å². The predicted octanol–water partition coefficient (Wildman–Crippen LogP) is 4.37. The van der Waals surface area contributed by atoms with Gasteiger partial charge < -0.3 is 14.6 Å². The molecular formula is C20H19NO4S2. The van der Waals surface area contributed by atoms with Gasteiger partial charge in [-0.3, -0.25) is 9.69 Å². The van der Waals surface area contributed by atoms with Crippen molar-refractivity contribution in [3.63, 3.8) is 0 Å². The van der Waals surface area contributed by atoms with E-state index in [1.165, 1.54) is 26.0 Å². The molecule has 1 heterocycles. The normalized spacial score (nSPS) is 16.7. The summed E-state index contributed by atoms with van der Waals surface area (Å²) < 4.78 is 10.9. The van der Waals surface area contributed by atoms with Crippen molar-refractivity contribution in [2.75, 3.05) is 14.2 Å². The molecule has 0 saturated carbocycles. The van der Waals surface area contributed by atoms with Gasteiger partial charge in [0.05, 0.1) is 25.2 Å². The second-order valence-electron chi connectivity index (χ2n) is 5.91. The molecule has 2 aromatic carbocycles. The molecule has 3 rings (SSSR count). The predicted molar refractivity (Wildman–Crippen MR) is 111 cm³/mol. The first kappa shape index (κ1) is 19.3. The van der Waals surface area contributed by atoms with Crippen LogP contribution in [0.1, 0.15) is 24.1 Å². The van der Waals surface area contributed by atoms with E-state index < -0.39 is 0 Å². The van der Waals surface area contributed by atoms with E-state index in [1.807, 2.05) is 37.3 Å². The van der Waals surface area contributed by atoms with Crippen LogP contribution in [-0.2, 0) is 4.79 Å². The van der Waals surface area contributed by atoms with Crippen LogP contribution >= 0.6 is 24.0 Å². The van der Waals surface area contributed by atoms with E-state index in [4.69, 9.17) is 21.7 Å². The Morgan fingerprint density at radius 2 is 1.74 bits per heavy atom. The number of benzene rings is 2. The highest BCUT2D eigenvalue weighted by atomic mass is 32.2. The van der Waals surface area contributed by atoms with Crippen LogP contribution in [0.4, 0.5) is 0 Å². The highest BCUT2D eigenvalue weighted by Gasteiger charge is 2.36. The van der Waals surface area contributed by atoms with Crippen LogP contribution in [0.2, 0.25) is 0 Å². The Morgan fingerprint density at radius 3 is 2.30 bits per heavy atom. The van der Waals surface area contributed by atoms with Crippen molar-refractivity contribution in [2.24, 2.45) is 0 Å². The van der Waals surface area contributed by atoms with E-state index in [2.05, 4.69) is 0 Å². The van der Waals surface area contributed by atoms with Gasteiger partial charge in [-0.2, -0.15) is 0 Å². The summed E-state index contributed by atoms with van der Waals surface area (Å²) >= 11 is 6.70. The maximum Gasteiger partial charge on any atom is 0.266 e. The molecule has 27 heavy (non-hydrogen) atoms. The van der Waals surface area contributed by atoms with E-state index in [9.17, 15) is 9.90 Å². The van der Waals surface area contributed by atoms with Crippen LogP contribution in [-0.4, -0.2) is 34.5 Å². The molecule has 1 saturated heterocycles. The van der Waals surface area contributed by atoms with Crippen molar-refractivity contribution in [2.45, 2.75) is 13.0 Å². The smallest absolute Gasteiger partial charge is 0.266 e. The van der Waals surface area contributed by atoms with E-state index in [-0.39, 0.29) is 29.2 Å². The largest absolute Gasteiger partial charge is 0.502 e. The van der Waals surface area contributed by atoms with Crippen LogP contribution in [0.5, 0.6) is 17.2 Å². The molecule has 1 atom stereocenters. The van der Waals surface area contributed by atoms with Gasteiger partial charge >= 0.3 is 0 Å². The lowest BCUT2D eigenvalue weighted by atomic mass is 10.1. The lowest BCUT2D eigenvalue weighted by Crippen LogP contribution is -2.30. The lowest BCUT2D eigenvalue weighted by molar-refractivity contribution is -0.123. The Hall–Kier alpha value is -2.51. The molecule has 1 fully saturated rings. The van der Waals surface area contributed by atoms with Gasteiger partial charge in [0.2, 0.25) is 5.75 Å². The fraction of sp³-hybridized carbons (Fsp3) is 0.200. The SMILES string of the molecule is COc1cc(/C=C2\SC(=S)N([C@@H](C)c3ccccc3)C2=O)cc(OC)c1O. The third-order valence-electron chi connectivity index (χ3n) is 4.29. The summed E-state index contributed by atoms with van der Waals surface area (Å²) in [5.41, 5.74) is 1.69. The molecule has 0 aliphatic carbocycles. The van der Waals surface area contributed by atoms with Gasteiger partial charge in [-0.15, -0.1) is 0 Å². The first-order chi connectivity index (χ1) is 13.0. The minimum absolute atomic E-state index is 0.0811. The van der Waals surface area contributed by atoms with Crippen molar-refractivity contribution in [3.8, 4) is 17.2 Å². The number of nitrogens with zero attached hydrogens (tertiary/aromatic N) is 1. The van der Waals surface area contributed by atoms with Gasteiger partial charge in [-0.25, -0.2) is 0 Å². The summed E-state index contributed by atoms with van der Waals surface area (Å²) in [7, 11) is 2.92. The Kier molecular flexibility index (Phi) is 5.72. The molecule has 5 nitrogen and oxygen atoms in total. The molecule has 0 unspecified atom stereocenters. The minimum atomic E-state index is -0.159. The Morgan fingerprint density at radius 1 is 1.15 bits per heavy atom. The number of hydrogen-bond donors (Lipinski definition) is 1. The monoisotopic (exact) mass is 401 g/mol. The summed E-state index contributed by atoms with van der Waals surface area (Å²) in [4.78, 5) is 15.1. The zero-order valence-corrected chi connectivity index (χ0v) is 16.8. The second-order valence-corrected chi connectivity index (χ2v) is 7.59. The van der Waals surface area contributed by atoms with E-state index >= 15 is 0 Å². The van der Waals surface area contributed by atoms with Crippen molar-refractivity contribution >= 4 is 40.3 Å². The molecule has 1 aliphatic heterocycles. The number of aromatic hydroxyl groups is 1. The molecule has 1 N–H and O–H groups in total. The van der Waals surface area contributed by atoms with Gasteiger partial charge in [-0.1, -0.05) is 54.3 Å². The first-order valence-corrected chi connectivity index (χ1v) is 9.45. The molecule has 7 heteroatoms.